The van der Waals surface area contributed by atoms with Gasteiger partial charge in [-0.05, 0) is 25.7 Å². The van der Waals surface area contributed by atoms with E-state index in [9.17, 15) is 4.79 Å². The Hall–Kier alpha value is -0.730. The highest BCUT2D eigenvalue weighted by Gasteiger charge is 2.22. The Balaban J connectivity index is 1.95. The maximum atomic E-state index is 10.9. The second-order valence-electron chi connectivity index (χ2n) is 3.12. The van der Waals surface area contributed by atoms with Crippen LogP contribution in [0.4, 0.5) is 4.79 Å². The fourth-order valence-electron chi connectivity index (χ4n) is 0.959. The zero-order valence-corrected chi connectivity index (χ0v) is 7.54. The highest BCUT2D eigenvalue weighted by molar-refractivity contribution is 5.60. The highest BCUT2D eigenvalue weighted by Crippen LogP contribution is 2.22. The number of carbonyl (C=O) groups excluding carboxylic acids is 1. The number of unbranched alkanes of at least 4 members (excludes halogenated alkanes) is 1. The summed E-state index contributed by atoms with van der Waals surface area (Å²) in [5, 5.41) is 0. The summed E-state index contributed by atoms with van der Waals surface area (Å²) in [6, 6.07) is 0. The molecule has 1 fully saturated rings. The summed E-state index contributed by atoms with van der Waals surface area (Å²) in [5.41, 5.74) is 0. The smallest absolute Gasteiger partial charge is 0.434 e. The van der Waals surface area contributed by atoms with E-state index in [0.717, 1.165) is 25.7 Å². The summed E-state index contributed by atoms with van der Waals surface area (Å²) in [6.45, 7) is 2.54. The standard InChI is InChI=1S/C9H16O3/c1-2-3-7-11-9(10)12-8-5-4-6-8/h8H,2-7H2,1H3. The van der Waals surface area contributed by atoms with Gasteiger partial charge in [-0.3, -0.25) is 0 Å². The molecule has 1 aliphatic carbocycles. The highest BCUT2D eigenvalue weighted by atomic mass is 16.7. The van der Waals surface area contributed by atoms with Crippen LogP contribution < -0.4 is 0 Å². The van der Waals surface area contributed by atoms with E-state index in [2.05, 4.69) is 6.92 Å². The Morgan fingerprint density at radius 3 is 2.75 bits per heavy atom. The second-order valence-corrected chi connectivity index (χ2v) is 3.12. The van der Waals surface area contributed by atoms with Gasteiger partial charge in [-0.1, -0.05) is 13.3 Å². The molecule has 0 aromatic carbocycles. The van der Waals surface area contributed by atoms with Gasteiger partial charge in [0, 0.05) is 0 Å². The van der Waals surface area contributed by atoms with Crippen molar-refractivity contribution in [2.45, 2.75) is 45.1 Å². The van der Waals surface area contributed by atoms with E-state index in [0.29, 0.717) is 6.61 Å². The summed E-state index contributed by atoms with van der Waals surface area (Å²) < 4.78 is 9.80. The maximum Gasteiger partial charge on any atom is 0.508 e. The SMILES string of the molecule is CCCCOC(=O)OC1CCC1. The van der Waals surface area contributed by atoms with Crippen molar-refractivity contribution in [3.8, 4) is 0 Å². The zero-order valence-electron chi connectivity index (χ0n) is 7.54. The predicted octanol–water partition coefficient (Wildman–Crippen LogP) is 2.49. The van der Waals surface area contributed by atoms with Crippen LogP contribution in [0, 0.1) is 0 Å². The molecule has 0 atom stereocenters. The van der Waals surface area contributed by atoms with Crippen molar-refractivity contribution < 1.29 is 14.3 Å². The molecule has 0 saturated heterocycles. The Morgan fingerprint density at radius 2 is 2.25 bits per heavy atom. The minimum Gasteiger partial charge on any atom is -0.434 e. The van der Waals surface area contributed by atoms with Gasteiger partial charge in [0.1, 0.15) is 6.10 Å². The van der Waals surface area contributed by atoms with E-state index >= 15 is 0 Å². The molecule has 1 rings (SSSR count). The van der Waals surface area contributed by atoms with E-state index < -0.39 is 6.16 Å². The van der Waals surface area contributed by atoms with Gasteiger partial charge in [0.05, 0.1) is 6.61 Å². The van der Waals surface area contributed by atoms with Crippen LogP contribution in [-0.2, 0) is 9.47 Å². The van der Waals surface area contributed by atoms with E-state index in [-0.39, 0.29) is 6.10 Å². The first-order valence-corrected chi connectivity index (χ1v) is 4.66. The van der Waals surface area contributed by atoms with Crippen molar-refractivity contribution in [3.05, 3.63) is 0 Å². The second kappa shape index (κ2) is 5.01. The van der Waals surface area contributed by atoms with E-state index in [1.165, 1.54) is 6.42 Å². The lowest BCUT2D eigenvalue weighted by Crippen LogP contribution is -2.25. The summed E-state index contributed by atoms with van der Waals surface area (Å²) >= 11 is 0. The van der Waals surface area contributed by atoms with Crippen molar-refractivity contribution in [3.63, 3.8) is 0 Å². The molecule has 12 heavy (non-hydrogen) atoms. The normalized spacial score (nSPS) is 16.8. The fraction of sp³-hybridized carbons (Fsp3) is 0.889. The van der Waals surface area contributed by atoms with Crippen molar-refractivity contribution in [2.75, 3.05) is 6.61 Å². The Bertz CT molecular complexity index is 141. The Labute approximate surface area is 73.0 Å². The molecule has 0 aromatic heterocycles. The third-order valence-corrected chi connectivity index (χ3v) is 2.03. The number of rotatable bonds is 4. The molecule has 0 heterocycles. The van der Waals surface area contributed by atoms with E-state index in [1.54, 1.807) is 0 Å². The molecule has 1 aliphatic rings. The molecule has 1 saturated carbocycles. The van der Waals surface area contributed by atoms with Gasteiger partial charge in [-0.2, -0.15) is 0 Å². The van der Waals surface area contributed by atoms with Gasteiger partial charge < -0.3 is 9.47 Å². The molecule has 0 amide bonds. The molecule has 0 radical (unpaired) electrons. The van der Waals surface area contributed by atoms with Gasteiger partial charge in [0.25, 0.3) is 0 Å². The van der Waals surface area contributed by atoms with Crippen molar-refractivity contribution in [1.29, 1.82) is 0 Å². The summed E-state index contributed by atoms with van der Waals surface area (Å²) in [6.07, 6.45) is 4.78. The molecular formula is C9H16O3. The van der Waals surface area contributed by atoms with Crippen LogP contribution in [0.1, 0.15) is 39.0 Å². The van der Waals surface area contributed by atoms with Crippen LogP contribution in [-0.4, -0.2) is 18.9 Å². The monoisotopic (exact) mass is 172 g/mol. The number of hydrogen-bond acceptors (Lipinski definition) is 3. The topological polar surface area (TPSA) is 35.5 Å². The summed E-state index contributed by atoms with van der Waals surface area (Å²) in [7, 11) is 0. The average molecular weight is 172 g/mol. The molecule has 0 unspecified atom stereocenters. The molecule has 0 N–H and O–H groups in total. The van der Waals surface area contributed by atoms with Crippen LogP contribution >= 0.6 is 0 Å². The van der Waals surface area contributed by atoms with Gasteiger partial charge >= 0.3 is 6.16 Å². The lowest BCUT2D eigenvalue weighted by Gasteiger charge is -2.24. The molecule has 0 aromatic rings. The predicted molar refractivity (Wildman–Crippen MR) is 45.0 cm³/mol. The number of hydrogen-bond donors (Lipinski definition) is 0. The first kappa shape index (κ1) is 9.36. The minimum absolute atomic E-state index is 0.138. The van der Waals surface area contributed by atoms with Crippen LogP contribution in [0.5, 0.6) is 0 Å². The molecular weight excluding hydrogens is 156 g/mol. The minimum atomic E-state index is -0.492. The molecule has 3 nitrogen and oxygen atoms in total. The summed E-state index contributed by atoms with van der Waals surface area (Å²) in [5.74, 6) is 0. The lowest BCUT2D eigenvalue weighted by atomic mass is 9.96. The van der Waals surface area contributed by atoms with Gasteiger partial charge in [-0.25, -0.2) is 4.79 Å². The van der Waals surface area contributed by atoms with Gasteiger partial charge in [0.2, 0.25) is 0 Å². The zero-order chi connectivity index (χ0) is 8.81. The average Bonchev–Trinajstić information content (AvgIpc) is 1.98. The number of carbonyl (C=O) groups is 1. The van der Waals surface area contributed by atoms with Crippen molar-refractivity contribution in [1.82, 2.24) is 0 Å². The quantitative estimate of drug-likeness (QED) is 0.482. The molecule has 3 heteroatoms. The van der Waals surface area contributed by atoms with Gasteiger partial charge in [-0.15, -0.1) is 0 Å². The first-order valence-electron chi connectivity index (χ1n) is 4.66. The largest absolute Gasteiger partial charge is 0.508 e. The van der Waals surface area contributed by atoms with E-state index in [4.69, 9.17) is 9.47 Å². The Morgan fingerprint density at radius 1 is 1.50 bits per heavy atom. The molecule has 0 bridgehead atoms. The summed E-state index contributed by atoms with van der Waals surface area (Å²) in [4.78, 5) is 10.9. The fourth-order valence-corrected chi connectivity index (χ4v) is 0.959. The van der Waals surface area contributed by atoms with Crippen LogP contribution in [0.25, 0.3) is 0 Å². The van der Waals surface area contributed by atoms with Crippen LogP contribution in [0.15, 0.2) is 0 Å². The van der Waals surface area contributed by atoms with Crippen molar-refractivity contribution >= 4 is 6.16 Å². The number of ether oxygens (including phenoxy) is 2. The molecule has 0 spiro atoms. The van der Waals surface area contributed by atoms with Gasteiger partial charge in [0.15, 0.2) is 0 Å². The van der Waals surface area contributed by atoms with Crippen LogP contribution in [0.3, 0.4) is 0 Å². The third kappa shape index (κ3) is 3.11. The van der Waals surface area contributed by atoms with E-state index in [1.807, 2.05) is 0 Å². The van der Waals surface area contributed by atoms with Crippen LogP contribution in [0.2, 0.25) is 0 Å². The maximum absolute atomic E-state index is 10.9. The molecule has 0 aliphatic heterocycles. The molecule has 70 valence electrons. The Kier molecular flexibility index (Phi) is 3.91. The van der Waals surface area contributed by atoms with Crippen molar-refractivity contribution in [2.24, 2.45) is 0 Å². The lowest BCUT2D eigenvalue weighted by molar-refractivity contribution is -0.00421. The third-order valence-electron chi connectivity index (χ3n) is 2.03. The first-order chi connectivity index (χ1) is 5.83.